The van der Waals surface area contributed by atoms with Crippen LogP contribution in [-0.2, 0) is 28.8 Å². The van der Waals surface area contributed by atoms with Crippen molar-refractivity contribution in [2.45, 2.75) is 149 Å². The second kappa shape index (κ2) is 15.9. The average molecular weight is 708 g/mol. The van der Waals surface area contributed by atoms with E-state index in [1.165, 1.54) is 4.90 Å². The first-order valence-corrected chi connectivity index (χ1v) is 19.0. The first kappa shape index (κ1) is 38.5. The largest absolute Gasteiger partial charge is 0.493 e. The molecule has 1 saturated heterocycles. The molecule has 1 aromatic carbocycles. The number of aryl methyl sites for hydroxylation is 2. The van der Waals surface area contributed by atoms with Crippen molar-refractivity contribution in [1.29, 1.82) is 0 Å². The zero-order valence-electron chi connectivity index (χ0n) is 31.6. The van der Waals surface area contributed by atoms with Crippen molar-refractivity contribution in [2.75, 3.05) is 13.2 Å². The fourth-order valence-corrected chi connectivity index (χ4v) is 7.95. The number of oxime groups is 1. The molecule has 11 heteroatoms. The third-order valence-corrected chi connectivity index (χ3v) is 10.8. The van der Waals surface area contributed by atoms with Gasteiger partial charge in [-0.25, -0.2) is 4.79 Å². The van der Waals surface area contributed by atoms with Crippen LogP contribution in [0.5, 0.6) is 5.75 Å². The Kier molecular flexibility index (Phi) is 12.0. The third-order valence-electron chi connectivity index (χ3n) is 10.8. The molecule has 2 heterocycles. The van der Waals surface area contributed by atoms with Gasteiger partial charge < -0.3 is 24.5 Å². The molecule has 280 valence electrons. The van der Waals surface area contributed by atoms with Crippen LogP contribution in [0, 0.1) is 31.1 Å². The topological polar surface area (TPSA) is 141 Å². The van der Waals surface area contributed by atoms with Gasteiger partial charge in [-0.3, -0.25) is 19.2 Å². The van der Waals surface area contributed by atoms with Gasteiger partial charge in [-0.15, -0.1) is 0 Å². The van der Waals surface area contributed by atoms with Gasteiger partial charge in [0, 0.05) is 37.2 Å². The van der Waals surface area contributed by atoms with Gasteiger partial charge in [0.25, 0.3) is 0 Å². The number of nitrogens with zero attached hydrogens (tertiary/aromatic N) is 2. The maximum Gasteiger partial charge on any atom is 0.408 e. The van der Waals surface area contributed by atoms with E-state index in [0.717, 1.165) is 61.0 Å². The molecule has 51 heavy (non-hydrogen) atoms. The van der Waals surface area contributed by atoms with Crippen LogP contribution in [-0.4, -0.2) is 76.9 Å². The number of amides is 2. The maximum absolute atomic E-state index is 14.6. The summed E-state index contributed by atoms with van der Waals surface area (Å²) in [6.45, 7) is 14.0. The molecule has 0 unspecified atom stereocenters. The fourth-order valence-electron chi connectivity index (χ4n) is 7.95. The van der Waals surface area contributed by atoms with Crippen molar-refractivity contribution in [3.63, 3.8) is 0 Å². The highest BCUT2D eigenvalue weighted by Gasteiger charge is 2.55. The van der Waals surface area contributed by atoms with Crippen LogP contribution in [0.25, 0.3) is 0 Å². The Hall–Kier alpha value is -3.76. The number of likely N-dealkylation sites (tertiary alicyclic amines) is 1. The number of alkyl carbamates (subject to hydrolysis) is 1. The van der Waals surface area contributed by atoms with Crippen LogP contribution in [0.2, 0.25) is 0 Å². The Morgan fingerprint density at radius 3 is 2.29 bits per heavy atom. The monoisotopic (exact) mass is 707 g/mol. The van der Waals surface area contributed by atoms with Crippen LogP contribution in [0.3, 0.4) is 0 Å². The van der Waals surface area contributed by atoms with Gasteiger partial charge in [-0.2, -0.15) is 0 Å². The molecule has 2 saturated carbocycles. The maximum atomic E-state index is 14.6. The van der Waals surface area contributed by atoms with Gasteiger partial charge in [0.05, 0.1) is 24.9 Å². The smallest absolute Gasteiger partial charge is 0.408 e. The molecule has 1 spiro atoms. The summed E-state index contributed by atoms with van der Waals surface area (Å²) in [6.07, 6.45) is 6.31. The van der Waals surface area contributed by atoms with Crippen molar-refractivity contribution >= 4 is 35.1 Å². The lowest BCUT2D eigenvalue weighted by Gasteiger charge is -2.35. The Morgan fingerprint density at radius 1 is 1.04 bits per heavy atom. The van der Waals surface area contributed by atoms with Gasteiger partial charge in [0.1, 0.15) is 17.9 Å². The summed E-state index contributed by atoms with van der Waals surface area (Å²) in [5.41, 5.74) is 1.83. The van der Waals surface area contributed by atoms with Gasteiger partial charge in [-0.1, -0.05) is 45.7 Å². The minimum absolute atomic E-state index is 0.0756. The summed E-state index contributed by atoms with van der Waals surface area (Å²) in [6, 6.07) is 2.10. The molecule has 2 aliphatic heterocycles. The highest BCUT2D eigenvalue weighted by atomic mass is 16.7. The standard InChI is InChI=1S/C40H57N3O8/c1-8-12-32(44)34(46)28(19-26-15-16-26)20-33(45)31-22-40(21-30(42-51-40)27-17-24(3)35(49-9-2)25(4)18-27)23-43(31)37(47)36(39(5,6)7)41-38(48)50-29-13-10-11-14-29/h17-18,26,28-29,31,36H,8-16,19-23H2,1-7H3,(H,41,48)/t28-,31+,36-,40-/m1/s1. The van der Waals surface area contributed by atoms with Gasteiger partial charge in [0.15, 0.2) is 17.2 Å². The van der Waals surface area contributed by atoms with E-state index in [2.05, 4.69) is 10.5 Å². The van der Waals surface area contributed by atoms with E-state index in [1.54, 1.807) is 0 Å². The summed E-state index contributed by atoms with van der Waals surface area (Å²) in [7, 11) is 0. The first-order chi connectivity index (χ1) is 24.1. The van der Waals surface area contributed by atoms with Crippen LogP contribution < -0.4 is 10.1 Å². The van der Waals surface area contributed by atoms with E-state index < -0.39 is 52.6 Å². The Morgan fingerprint density at radius 2 is 1.71 bits per heavy atom. The molecular formula is C40H57N3O8. The third kappa shape index (κ3) is 9.19. The van der Waals surface area contributed by atoms with Gasteiger partial charge in [-0.05, 0) is 93.9 Å². The number of carbonyl (C=O) groups excluding carboxylic acids is 5. The molecule has 4 atom stereocenters. The number of rotatable bonds is 15. The number of hydrogen-bond donors (Lipinski definition) is 1. The molecule has 3 fully saturated rings. The Balaban J connectivity index is 1.42. The fraction of sp³-hybridized carbons (Fsp3) is 0.700. The number of carbonyl (C=O) groups is 5. The lowest BCUT2D eigenvalue weighted by Crippen LogP contribution is -2.57. The molecule has 0 aromatic heterocycles. The predicted molar refractivity (Wildman–Crippen MR) is 193 cm³/mol. The van der Waals surface area contributed by atoms with E-state index >= 15 is 0 Å². The van der Waals surface area contributed by atoms with E-state index in [9.17, 15) is 24.0 Å². The van der Waals surface area contributed by atoms with E-state index in [1.807, 2.05) is 60.6 Å². The minimum atomic E-state index is -0.995. The SMILES string of the molecule is CCCC(=O)C(=O)[C@@H](CC(=O)[C@@H]1C[C@]2(CC(c3cc(C)c(OCC)c(C)c3)=NO2)CN1C(=O)[C@@H](NC(=O)OC1CCCC1)C(C)(C)C)CC1CC1. The summed E-state index contributed by atoms with van der Waals surface area (Å²) in [4.78, 5) is 75.9. The Labute approximate surface area is 302 Å². The summed E-state index contributed by atoms with van der Waals surface area (Å²) in [5.74, 6) is -1.20. The van der Waals surface area contributed by atoms with Crippen molar-refractivity contribution < 1.29 is 38.3 Å². The number of nitrogens with one attached hydrogen (secondary N) is 1. The molecule has 5 rings (SSSR count). The number of ketones is 3. The van der Waals surface area contributed by atoms with Crippen LogP contribution in [0.4, 0.5) is 4.79 Å². The molecular weight excluding hydrogens is 650 g/mol. The second-order valence-corrected chi connectivity index (χ2v) is 16.4. The number of Topliss-reactive ketones (excluding diaryl/α,β-unsaturated/α-hetero) is 3. The van der Waals surface area contributed by atoms with E-state index in [0.29, 0.717) is 37.5 Å². The highest BCUT2D eigenvalue weighted by Crippen LogP contribution is 2.42. The minimum Gasteiger partial charge on any atom is -0.493 e. The van der Waals surface area contributed by atoms with Crippen LogP contribution >= 0.6 is 0 Å². The van der Waals surface area contributed by atoms with Gasteiger partial charge in [0.2, 0.25) is 11.7 Å². The Bertz CT molecular complexity index is 1510. The molecule has 2 aliphatic carbocycles. The zero-order valence-corrected chi connectivity index (χ0v) is 31.6. The summed E-state index contributed by atoms with van der Waals surface area (Å²) in [5, 5.41) is 7.34. The summed E-state index contributed by atoms with van der Waals surface area (Å²) < 4.78 is 11.5. The number of ether oxygens (including phenoxy) is 2. The summed E-state index contributed by atoms with van der Waals surface area (Å²) >= 11 is 0. The molecule has 1 aromatic rings. The van der Waals surface area contributed by atoms with Crippen molar-refractivity contribution in [1.82, 2.24) is 10.2 Å². The van der Waals surface area contributed by atoms with Crippen molar-refractivity contribution in [2.24, 2.45) is 22.4 Å². The van der Waals surface area contributed by atoms with Crippen LogP contribution in [0.15, 0.2) is 17.3 Å². The predicted octanol–water partition coefficient (Wildman–Crippen LogP) is 6.56. The van der Waals surface area contributed by atoms with E-state index in [-0.39, 0.29) is 37.7 Å². The lowest BCUT2D eigenvalue weighted by atomic mass is 9.84. The molecule has 4 aliphatic rings. The molecule has 0 bridgehead atoms. The van der Waals surface area contributed by atoms with Crippen LogP contribution in [0.1, 0.15) is 128 Å². The van der Waals surface area contributed by atoms with Crippen molar-refractivity contribution in [3.05, 3.63) is 28.8 Å². The highest BCUT2D eigenvalue weighted by molar-refractivity contribution is 6.38. The second-order valence-electron chi connectivity index (χ2n) is 16.4. The van der Waals surface area contributed by atoms with E-state index in [4.69, 9.17) is 14.3 Å². The quantitative estimate of drug-likeness (QED) is 0.202. The number of hydrogen-bond acceptors (Lipinski definition) is 9. The molecule has 2 amide bonds. The van der Waals surface area contributed by atoms with Crippen molar-refractivity contribution in [3.8, 4) is 5.75 Å². The molecule has 1 N–H and O–H groups in total. The lowest BCUT2D eigenvalue weighted by molar-refractivity contribution is -0.143. The molecule has 0 radical (unpaired) electrons. The zero-order chi connectivity index (χ0) is 37.1. The normalized spacial score (nSPS) is 23.1. The van der Waals surface area contributed by atoms with Gasteiger partial charge >= 0.3 is 6.09 Å². The average Bonchev–Trinajstić information content (AvgIpc) is 3.41. The number of benzene rings is 1. The molecule has 11 nitrogen and oxygen atoms in total. The first-order valence-electron chi connectivity index (χ1n) is 19.0.